The molecule has 2 aromatic carbocycles. The highest BCUT2D eigenvalue weighted by Crippen LogP contribution is 2.27. The number of hydrogen-bond donors (Lipinski definition) is 1. The molecule has 0 bridgehead atoms. The summed E-state index contributed by atoms with van der Waals surface area (Å²) < 4.78 is 28.5. The molecule has 5 heteroatoms. The number of fused-ring (bicyclic) bond motifs is 1. The maximum Gasteiger partial charge on any atom is 0.131 e. The predicted octanol–water partition coefficient (Wildman–Crippen LogP) is 2.90. The molecule has 3 rings (SSSR count). The van der Waals surface area contributed by atoms with Crippen LogP contribution in [0.1, 0.15) is 17.3 Å². The zero-order valence-electron chi connectivity index (χ0n) is 10.8. The lowest BCUT2D eigenvalue weighted by Gasteiger charge is -2.11. The number of rotatable bonds is 2. The minimum absolute atomic E-state index is 0.232. The van der Waals surface area contributed by atoms with Crippen molar-refractivity contribution < 1.29 is 8.78 Å². The fourth-order valence-corrected chi connectivity index (χ4v) is 2.37. The van der Waals surface area contributed by atoms with Gasteiger partial charge in [0.15, 0.2) is 0 Å². The van der Waals surface area contributed by atoms with E-state index in [2.05, 4.69) is 5.10 Å². The summed E-state index contributed by atoms with van der Waals surface area (Å²) in [7, 11) is 1.81. The van der Waals surface area contributed by atoms with E-state index in [4.69, 9.17) is 5.73 Å². The minimum atomic E-state index is -0.735. The molecule has 20 heavy (non-hydrogen) atoms. The number of nitrogens with two attached hydrogens (primary N) is 1. The zero-order valence-corrected chi connectivity index (χ0v) is 10.8. The number of benzene rings is 2. The van der Waals surface area contributed by atoms with Crippen LogP contribution in [0.3, 0.4) is 0 Å². The van der Waals surface area contributed by atoms with E-state index in [1.54, 1.807) is 11.7 Å². The van der Waals surface area contributed by atoms with Gasteiger partial charge in [-0.25, -0.2) is 8.78 Å². The van der Waals surface area contributed by atoms with E-state index >= 15 is 0 Å². The Morgan fingerprint density at radius 3 is 2.65 bits per heavy atom. The Hall–Kier alpha value is -2.27. The molecule has 0 radical (unpaired) electrons. The lowest BCUT2D eigenvalue weighted by molar-refractivity contribution is 0.563. The van der Waals surface area contributed by atoms with Crippen molar-refractivity contribution in [2.45, 2.75) is 6.04 Å². The molecule has 3 nitrogen and oxygen atoms in total. The Labute approximate surface area is 114 Å². The Morgan fingerprint density at radius 1 is 1.15 bits per heavy atom. The van der Waals surface area contributed by atoms with Crippen molar-refractivity contribution in [1.29, 1.82) is 0 Å². The second-order valence-electron chi connectivity index (χ2n) is 4.67. The average molecular weight is 273 g/mol. The first-order valence-corrected chi connectivity index (χ1v) is 6.20. The van der Waals surface area contributed by atoms with Gasteiger partial charge in [0.25, 0.3) is 0 Å². The van der Waals surface area contributed by atoms with Gasteiger partial charge in [0, 0.05) is 24.1 Å². The predicted molar refractivity (Wildman–Crippen MR) is 73.1 cm³/mol. The molecule has 0 aliphatic carbocycles. The standard InChI is InChI=1S/C15H13F2N3/c1-20-13-5-3-2-4-11(13)15(19-20)14(18)10-7-6-9(16)8-12(10)17/h2-8,14H,18H2,1H3. The van der Waals surface area contributed by atoms with Gasteiger partial charge < -0.3 is 5.73 Å². The number of hydrogen-bond acceptors (Lipinski definition) is 2. The van der Waals surface area contributed by atoms with Crippen molar-refractivity contribution in [3.63, 3.8) is 0 Å². The average Bonchev–Trinajstić information content (AvgIpc) is 2.76. The van der Waals surface area contributed by atoms with Crippen LogP contribution >= 0.6 is 0 Å². The quantitative estimate of drug-likeness (QED) is 0.780. The maximum absolute atomic E-state index is 13.8. The molecule has 0 amide bonds. The van der Waals surface area contributed by atoms with E-state index in [0.717, 1.165) is 17.0 Å². The molecule has 0 aliphatic rings. The van der Waals surface area contributed by atoms with Gasteiger partial charge >= 0.3 is 0 Å². The van der Waals surface area contributed by atoms with Crippen LogP contribution in [0, 0.1) is 11.6 Å². The number of nitrogens with zero attached hydrogens (tertiary/aromatic N) is 2. The lowest BCUT2D eigenvalue weighted by Crippen LogP contribution is -2.15. The lowest BCUT2D eigenvalue weighted by atomic mass is 10.0. The molecule has 0 fully saturated rings. The third kappa shape index (κ3) is 1.96. The normalized spacial score (nSPS) is 12.8. The molecule has 1 aromatic heterocycles. The molecule has 1 unspecified atom stereocenters. The second kappa shape index (κ2) is 4.68. The van der Waals surface area contributed by atoms with Gasteiger partial charge in [-0.05, 0) is 12.1 Å². The van der Waals surface area contributed by atoms with Crippen molar-refractivity contribution in [3.05, 3.63) is 65.4 Å². The van der Waals surface area contributed by atoms with Crippen molar-refractivity contribution >= 4 is 10.9 Å². The summed E-state index contributed by atoms with van der Waals surface area (Å²) in [6.45, 7) is 0. The third-order valence-electron chi connectivity index (χ3n) is 3.38. The van der Waals surface area contributed by atoms with Gasteiger partial charge in [0.05, 0.1) is 17.3 Å². The van der Waals surface area contributed by atoms with Crippen molar-refractivity contribution in [2.75, 3.05) is 0 Å². The molecule has 1 heterocycles. The summed E-state index contributed by atoms with van der Waals surface area (Å²) in [4.78, 5) is 0. The zero-order chi connectivity index (χ0) is 14.3. The van der Waals surface area contributed by atoms with Crippen LogP contribution in [-0.2, 0) is 7.05 Å². The smallest absolute Gasteiger partial charge is 0.131 e. The molecule has 1 atom stereocenters. The SMILES string of the molecule is Cn1nc(C(N)c2ccc(F)cc2F)c2ccccc21. The highest BCUT2D eigenvalue weighted by Gasteiger charge is 2.20. The molecule has 0 spiro atoms. The molecule has 2 N–H and O–H groups in total. The van der Waals surface area contributed by atoms with E-state index in [0.29, 0.717) is 5.69 Å². The summed E-state index contributed by atoms with van der Waals surface area (Å²) in [5.41, 5.74) is 7.83. The van der Waals surface area contributed by atoms with Gasteiger partial charge in [-0.1, -0.05) is 24.3 Å². The van der Waals surface area contributed by atoms with Gasteiger partial charge in [-0.2, -0.15) is 5.10 Å². The Kier molecular flexibility index (Phi) is 2.99. The number of halogens is 2. The van der Waals surface area contributed by atoms with Gasteiger partial charge in [0.1, 0.15) is 11.6 Å². The summed E-state index contributed by atoms with van der Waals surface area (Å²) >= 11 is 0. The fourth-order valence-electron chi connectivity index (χ4n) is 2.37. The second-order valence-corrected chi connectivity index (χ2v) is 4.67. The first-order chi connectivity index (χ1) is 9.58. The molecule has 0 aliphatic heterocycles. The molecule has 0 saturated heterocycles. The highest BCUT2D eigenvalue weighted by atomic mass is 19.1. The Balaban J connectivity index is 2.15. The summed E-state index contributed by atoms with van der Waals surface area (Å²) in [5.74, 6) is -1.28. The fraction of sp³-hybridized carbons (Fsp3) is 0.133. The van der Waals surface area contributed by atoms with Crippen LogP contribution in [0.25, 0.3) is 10.9 Å². The number of para-hydroxylation sites is 1. The molecule has 0 saturated carbocycles. The monoisotopic (exact) mass is 273 g/mol. The number of aromatic nitrogens is 2. The van der Waals surface area contributed by atoms with Crippen molar-refractivity contribution in [2.24, 2.45) is 12.8 Å². The van der Waals surface area contributed by atoms with Crippen LogP contribution in [0.4, 0.5) is 8.78 Å². The van der Waals surface area contributed by atoms with Crippen molar-refractivity contribution in [1.82, 2.24) is 9.78 Å². The minimum Gasteiger partial charge on any atom is -0.319 e. The summed E-state index contributed by atoms with van der Waals surface area (Å²) in [5, 5.41) is 5.23. The summed E-state index contributed by atoms with van der Waals surface area (Å²) in [6.07, 6.45) is 0. The van der Waals surface area contributed by atoms with Gasteiger partial charge in [-0.15, -0.1) is 0 Å². The third-order valence-corrected chi connectivity index (χ3v) is 3.38. The first kappa shape index (κ1) is 12.7. The molecular formula is C15H13F2N3. The molecule has 102 valence electrons. The van der Waals surface area contributed by atoms with Crippen LogP contribution in [-0.4, -0.2) is 9.78 Å². The van der Waals surface area contributed by atoms with Gasteiger partial charge in [-0.3, -0.25) is 4.68 Å². The highest BCUT2D eigenvalue weighted by molar-refractivity contribution is 5.82. The topological polar surface area (TPSA) is 43.8 Å². The molecule has 3 aromatic rings. The van der Waals surface area contributed by atoms with Crippen LogP contribution in [0.15, 0.2) is 42.5 Å². The number of aryl methyl sites for hydroxylation is 1. The van der Waals surface area contributed by atoms with Crippen LogP contribution in [0.2, 0.25) is 0 Å². The largest absolute Gasteiger partial charge is 0.319 e. The first-order valence-electron chi connectivity index (χ1n) is 6.20. The van der Waals surface area contributed by atoms with E-state index < -0.39 is 17.7 Å². The van der Waals surface area contributed by atoms with E-state index in [1.807, 2.05) is 24.3 Å². The summed E-state index contributed by atoms with van der Waals surface area (Å²) in [6, 6.07) is 10.2. The van der Waals surface area contributed by atoms with Gasteiger partial charge in [0.2, 0.25) is 0 Å². The van der Waals surface area contributed by atoms with Crippen LogP contribution in [0.5, 0.6) is 0 Å². The Morgan fingerprint density at radius 2 is 1.90 bits per heavy atom. The van der Waals surface area contributed by atoms with Crippen LogP contribution < -0.4 is 5.73 Å². The van der Waals surface area contributed by atoms with E-state index in [-0.39, 0.29) is 5.56 Å². The Bertz CT molecular complexity index is 780. The van der Waals surface area contributed by atoms with E-state index in [9.17, 15) is 8.78 Å². The maximum atomic E-state index is 13.8. The van der Waals surface area contributed by atoms with Crippen molar-refractivity contribution in [3.8, 4) is 0 Å². The molecular weight excluding hydrogens is 260 g/mol. The van der Waals surface area contributed by atoms with E-state index in [1.165, 1.54) is 12.1 Å².